The van der Waals surface area contributed by atoms with Crippen molar-refractivity contribution in [1.29, 1.82) is 0 Å². The van der Waals surface area contributed by atoms with Crippen molar-refractivity contribution in [2.24, 2.45) is 46.3 Å². The highest BCUT2D eigenvalue weighted by molar-refractivity contribution is 5.08. The standard InChI is InChI=1S/C22H38/c1-15(2)18-10-11-19-17-9-8-16-7-5-6-13-21(16,3)20(17)12-14-22(18,19)4/h15-20H,5-14H2,1-4H3/t16-,17?,18?,19?,20?,21-,22?/m0/s1. The van der Waals surface area contributed by atoms with Gasteiger partial charge in [-0.2, -0.15) is 0 Å². The van der Waals surface area contributed by atoms with Gasteiger partial charge < -0.3 is 0 Å². The van der Waals surface area contributed by atoms with E-state index in [2.05, 4.69) is 27.7 Å². The van der Waals surface area contributed by atoms with E-state index in [-0.39, 0.29) is 0 Å². The highest BCUT2D eigenvalue weighted by Crippen LogP contribution is 2.68. The Bertz CT molecular complexity index is 424. The smallest absolute Gasteiger partial charge is 0.0264 e. The molecule has 4 fully saturated rings. The van der Waals surface area contributed by atoms with Crippen molar-refractivity contribution >= 4 is 0 Å². The van der Waals surface area contributed by atoms with E-state index < -0.39 is 0 Å². The lowest BCUT2D eigenvalue weighted by Gasteiger charge is -2.60. The van der Waals surface area contributed by atoms with Gasteiger partial charge in [0, 0.05) is 0 Å². The van der Waals surface area contributed by atoms with Crippen LogP contribution in [0.25, 0.3) is 0 Å². The zero-order valence-electron chi connectivity index (χ0n) is 15.5. The van der Waals surface area contributed by atoms with E-state index in [0.717, 1.165) is 40.9 Å². The molecule has 4 rings (SSSR count). The van der Waals surface area contributed by atoms with Crippen LogP contribution in [-0.4, -0.2) is 0 Å². The Morgan fingerprint density at radius 1 is 0.727 bits per heavy atom. The predicted molar refractivity (Wildman–Crippen MR) is 94.7 cm³/mol. The van der Waals surface area contributed by atoms with Crippen LogP contribution < -0.4 is 0 Å². The SMILES string of the molecule is CC(C)C1CCC2C3CC[C@@H]4CCCC[C@]4(C)C3CCC12C. The van der Waals surface area contributed by atoms with E-state index in [1.54, 1.807) is 44.9 Å². The molecule has 0 radical (unpaired) electrons. The molecule has 0 heteroatoms. The number of rotatable bonds is 1. The third kappa shape index (κ3) is 2.01. The first-order valence-electron chi connectivity index (χ1n) is 10.5. The largest absolute Gasteiger partial charge is 0.0625 e. The van der Waals surface area contributed by atoms with Crippen LogP contribution in [0.5, 0.6) is 0 Å². The van der Waals surface area contributed by atoms with Gasteiger partial charge in [-0.05, 0) is 97.7 Å². The summed E-state index contributed by atoms with van der Waals surface area (Å²) in [4.78, 5) is 0. The molecule has 0 aromatic heterocycles. The second-order valence-electron chi connectivity index (χ2n) is 10.4. The molecule has 0 N–H and O–H groups in total. The van der Waals surface area contributed by atoms with E-state index in [0.29, 0.717) is 5.41 Å². The third-order valence-electron chi connectivity index (χ3n) is 9.46. The summed E-state index contributed by atoms with van der Waals surface area (Å²) in [5, 5.41) is 0. The molecule has 4 aliphatic rings. The fourth-order valence-electron chi connectivity index (χ4n) is 8.43. The summed E-state index contributed by atoms with van der Waals surface area (Å²) in [6.45, 7) is 10.4. The molecule has 4 aliphatic carbocycles. The Morgan fingerprint density at radius 3 is 2.27 bits per heavy atom. The lowest BCUT2D eigenvalue weighted by Crippen LogP contribution is -2.53. The van der Waals surface area contributed by atoms with Crippen LogP contribution in [-0.2, 0) is 0 Å². The normalized spacial score (nSPS) is 54.7. The van der Waals surface area contributed by atoms with Crippen LogP contribution in [0, 0.1) is 46.3 Å². The monoisotopic (exact) mass is 302 g/mol. The molecular weight excluding hydrogens is 264 g/mol. The first-order valence-corrected chi connectivity index (χ1v) is 10.5. The second-order valence-corrected chi connectivity index (χ2v) is 10.4. The highest BCUT2D eigenvalue weighted by atomic mass is 14.6. The molecule has 5 unspecified atom stereocenters. The average Bonchev–Trinajstić information content (AvgIpc) is 2.84. The van der Waals surface area contributed by atoms with E-state index in [9.17, 15) is 0 Å². The van der Waals surface area contributed by atoms with E-state index >= 15 is 0 Å². The Morgan fingerprint density at radius 2 is 1.50 bits per heavy atom. The molecular formula is C22H38. The summed E-state index contributed by atoms with van der Waals surface area (Å²) >= 11 is 0. The fraction of sp³-hybridized carbons (Fsp3) is 1.00. The maximum Gasteiger partial charge on any atom is -0.0264 e. The summed E-state index contributed by atoms with van der Waals surface area (Å²) in [7, 11) is 0. The van der Waals surface area contributed by atoms with Crippen LogP contribution in [0.1, 0.15) is 91.9 Å². The summed E-state index contributed by atoms with van der Waals surface area (Å²) in [6, 6.07) is 0. The van der Waals surface area contributed by atoms with Gasteiger partial charge in [0.05, 0.1) is 0 Å². The van der Waals surface area contributed by atoms with Crippen molar-refractivity contribution in [3.05, 3.63) is 0 Å². The summed E-state index contributed by atoms with van der Waals surface area (Å²) in [6.07, 6.45) is 15.5. The quantitative estimate of drug-likeness (QED) is 0.506. The van der Waals surface area contributed by atoms with Crippen LogP contribution in [0.15, 0.2) is 0 Å². The van der Waals surface area contributed by atoms with Gasteiger partial charge in [-0.3, -0.25) is 0 Å². The van der Waals surface area contributed by atoms with Gasteiger partial charge in [-0.15, -0.1) is 0 Å². The Kier molecular flexibility index (Phi) is 3.70. The van der Waals surface area contributed by atoms with Crippen molar-refractivity contribution in [2.75, 3.05) is 0 Å². The van der Waals surface area contributed by atoms with Gasteiger partial charge in [0.15, 0.2) is 0 Å². The zero-order valence-corrected chi connectivity index (χ0v) is 15.5. The molecule has 0 aromatic carbocycles. The molecule has 0 nitrogen and oxygen atoms in total. The highest BCUT2D eigenvalue weighted by Gasteiger charge is 2.59. The van der Waals surface area contributed by atoms with Crippen LogP contribution in [0.3, 0.4) is 0 Å². The third-order valence-corrected chi connectivity index (χ3v) is 9.46. The molecule has 0 saturated heterocycles. The van der Waals surface area contributed by atoms with Crippen LogP contribution >= 0.6 is 0 Å². The molecule has 7 atom stereocenters. The molecule has 0 spiro atoms. The number of hydrogen-bond donors (Lipinski definition) is 0. The molecule has 4 saturated carbocycles. The van der Waals surface area contributed by atoms with Gasteiger partial charge in [0.1, 0.15) is 0 Å². The Balaban J connectivity index is 1.62. The lowest BCUT2D eigenvalue weighted by atomic mass is 9.44. The molecule has 126 valence electrons. The summed E-state index contributed by atoms with van der Waals surface area (Å²) < 4.78 is 0. The average molecular weight is 303 g/mol. The summed E-state index contributed by atoms with van der Waals surface area (Å²) in [5.74, 6) is 6.22. The molecule has 0 bridgehead atoms. The van der Waals surface area contributed by atoms with Crippen molar-refractivity contribution in [2.45, 2.75) is 91.9 Å². The van der Waals surface area contributed by atoms with Gasteiger partial charge in [0.2, 0.25) is 0 Å². The zero-order chi connectivity index (χ0) is 15.5. The fourth-order valence-corrected chi connectivity index (χ4v) is 8.43. The predicted octanol–water partition coefficient (Wildman–Crippen LogP) is 6.69. The topological polar surface area (TPSA) is 0 Å². The molecule has 0 aromatic rings. The van der Waals surface area contributed by atoms with Gasteiger partial charge in [-0.1, -0.05) is 40.5 Å². The summed E-state index contributed by atoms with van der Waals surface area (Å²) in [5.41, 5.74) is 1.41. The minimum Gasteiger partial charge on any atom is -0.0625 e. The van der Waals surface area contributed by atoms with E-state index in [4.69, 9.17) is 0 Å². The first kappa shape index (κ1) is 15.5. The minimum absolute atomic E-state index is 0.688. The molecule has 0 amide bonds. The molecule has 22 heavy (non-hydrogen) atoms. The molecule has 0 heterocycles. The first-order chi connectivity index (χ1) is 10.5. The van der Waals surface area contributed by atoms with Gasteiger partial charge in [-0.25, -0.2) is 0 Å². The van der Waals surface area contributed by atoms with Crippen molar-refractivity contribution < 1.29 is 0 Å². The molecule has 0 aliphatic heterocycles. The Hall–Kier alpha value is 0. The van der Waals surface area contributed by atoms with Gasteiger partial charge in [0.25, 0.3) is 0 Å². The minimum atomic E-state index is 0.688. The van der Waals surface area contributed by atoms with Crippen molar-refractivity contribution in [3.8, 4) is 0 Å². The van der Waals surface area contributed by atoms with Crippen molar-refractivity contribution in [1.82, 2.24) is 0 Å². The van der Waals surface area contributed by atoms with Crippen LogP contribution in [0.2, 0.25) is 0 Å². The maximum atomic E-state index is 2.71. The number of hydrogen-bond acceptors (Lipinski definition) is 0. The van der Waals surface area contributed by atoms with Crippen molar-refractivity contribution in [3.63, 3.8) is 0 Å². The van der Waals surface area contributed by atoms with Gasteiger partial charge >= 0.3 is 0 Å². The lowest BCUT2D eigenvalue weighted by molar-refractivity contribution is -0.113. The Labute approximate surface area is 138 Å². The van der Waals surface area contributed by atoms with E-state index in [1.165, 1.54) is 19.3 Å². The second kappa shape index (κ2) is 5.25. The number of fused-ring (bicyclic) bond motifs is 5. The van der Waals surface area contributed by atoms with Crippen LogP contribution in [0.4, 0.5) is 0 Å². The maximum absolute atomic E-state index is 2.71. The van der Waals surface area contributed by atoms with E-state index in [1.807, 2.05) is 0 Å².